The molecule has 132 valence electrons. The third-order valence-corrected chi connectivity index (χ3v) is 4.19. The summed E-state index contributed by atoms with van der Waals surface area (Å²) in [5, 5.41) is 14.6. The average molecular weight is 349 g/mol. The third-order valence-electron chi connectivity index (χ3n) is 4.19. The van der Waals surface area contributed by atoms with Gasteiger partial charge in [-0.3, -0.25) is 9.59 Å². The molecule has 0 aliphatic carbocycles. The van der Waals surface area contributed by atoms with Crippen LogP contribution in [0.15, 0.2) is 54.6 Å². The quantitative estimate of drug-likeness (QED) is 0.836. The van der Waals surface area contributed by atoms with Crippen LogP contribution < -0.4 is 15.4 Å². The molecule has 1 aliphatic rings. The van der Waals surface area contributed by atoms with Gasteiger partial charge >= 0.3 is 0 Å². The largest absolute Gasteiger partial charge is 0.489 e. The highest BCUT2D eigenvalue weighted by Gasteiger charge is 2.28. The Morgan fingerprint density at radius 1 is 1.23 bits per heavy atom. The molecular formula is C20H19N3O3. The van der Waals surface area contributed by atoms with Gasteiger partial charge in [0.2, 0.25) is 11.8 Å². The number of amides is 2. The SMILES string of the molecule is N#CC(NC(=O)[C@H]1CCC(=O)N1)c1ccc(OCc2ccccc2)cc1. The van der Waals surface area contributed by atoms with E-state index >= 15 is 0 Å². The van der Waals surface area contributed by atoms with Crippen molar-refractivity contribution in [2.24, 2.45) is 0 Å². The monoisotopic (exact) mass is 349 g/mol. The fourth-order valence-electron chi connectivity index (χ4n) is 2.74. The molecule has 2 atom stereocenters. The van der Waals surface area contributed by atoms with Crippen molar-refractivity contribution in [2.45, 2.75) is 31.5 Å². The van der Waals surface area contributed by atoms with Gasteiger partial charge in [-0.1, -0.05) is 42.5 Å². The van der Waals surface area contributed by atoms with E-state index in [1.54, 1.807) is 24.3 Å². The minimum Gasteiger partial charge on any atom is -0.489 e. The summed E-state index contributed by atoms with van der Waals surface area (Å²) in [4.78, 5) is 23.4. The minimum absolute atomic E-state index is 0.140. The first-order valence-corrected chi connectivity index (χ1v) is 8.42. The molecule has 6 nitrogen and oxygen atoms in total. The molecular weight excluding hydrogens is 330 g/mol. The normalized spacial score (nSPS) is 17.0. The van der Waals surface area contributed by atoms with Crippen LogP contribution >= 0.6 is 0 Å². The number of hydrogen-bond donors (Lipinski definition) is 2. The Bertz CT molecular complexity index is 812. The van der Waals surface area contributed by atoms with Crippen molar-refractivity contribution in [3.05, 3.63) is 65.7 Å². The van der Waals surface area contributed by atoms with E-state index in [0.29, 0.717) is 30.8 Å². The first-order chi connectivity index (χ1) is 12.7. The molecule has 2 amide bonds. The van der Waals surface area contributed by atoms with Crippen LogP contribution in [0.1, 0.15) is 30.0 Å². The van der Waals surface area contributed by atoms with Gasteiger partial charge in [0, 0.05) is 6.42 Å². The molecule has 0 saturated carbocycles. The summed E-state index contributed by atoms with van der Waals surface area (Å²) in [5.74, 6) is 0.203. The lowest BCUT2D eigenvalue weighted by atomic mass is 10.1. The molecule has 26 heavy (non-hydrogen) atoms. The zero-order valence-corrected chi connectivity index (χ0v) is 14.1. The maximum atomic E-state index is 12.2. The van der Waals surface area contributed by atoms with Crippen LogP contribution in [-0.2, 0) is 16.2 Å². The van der Waals surface area contributed by atoms with E-state index in [4.69, 9.17) is 4.74 Å². The molecule has 1 unspecified atom stereocenters. The van der Waals surface area contributed by atoms with Crippen molar-refractivity contribution in [3.8, 4) is 11.8 Å². The van der Waals surface area contributed by atoms with Gasteiger partial charge in [0.1, 0.15) is 24.4 Å². The van der Waals surface area contributed by atoms with Crippen molar-refractivity contribution < 1.29 is 14.3 Å². The van der Waals surface area contributed by atoms with Gasteiger partial charge in [-0.25, -0.2) is 0 Å². The smallest absolute Gasteiger partial charge is 0.243 e. The molecule has 0 spiro atoms. The van der Waals surface area contributed by atoms with Crippen molar-refractivity contribution in [2.75, 3.05) is 0 Å². The highest BCUT2D eigenvalue weighted by atomic mass is 16.5. The first-order valence-electron chi connectivity index (χ1n) is 8.42. The summed E-state index contributed by atoms with van der Waals surface area (Å²) >= 11 is 0. The molecule has 0 radical (unpaired) electrons. The Kier molecular flexibility index (Phi) is 5.49. The van der Waals surface area contributed by atoms with Crippen molar-refractivity contribution in [1.29, 1.82) is 5.26 Å². The summed E-state index contributed by atoms with van der Waals surface area (Å²) in [6.45, 7) is 0.458. The molecule has 0 bridgehead atoms. The number of rotatable bonds is 6. The fourth-order valence-corrected chi connectivity index (χ4v) is 2.74. The number of nitrogens with zero attached hydrogens (tertiary/aromatic N) is 1. The van der Waals surface area contributed by atoms with Gasteiger partial charge in [-0.15, -0.1) is 0 Å². The Hall–Kier alpha value is -3.33. The molecule has 2 aromatic rings. The molecule has 1 heterocycles. The van der Waals surface area contributed by atoms with E-state index in [0.717, 1.165) is 5.56 Å². The van der Waals surface area contributed by atoms with Crippen LogP contribution in [0.3, 0.4) is 0 Å². The van der Waals surface area contributed by atoms with E-state index in [1.807, 2.05) is 30.3 Å². The Balaban J connectivity index is 1.58. The van der Waals surface area contributed by atoms with Crippen LogP contribution in [0.2, 0.25) is 0 Å². The van der Waals surface area contributed by atoms with Gasteiger partial charge in [-0.2, -0.15) is 5.26 Å². The van der Waals surface area contributed by atoms with Gasteiger partial charge in [-0.05, 0) is 29.7 Å². The van der Waals surface area contributed by atoms with Crippen LogP contribution in [-0.4, -0.2) is 17.9 Å². The summed E-state index contributed by atoms with van der Waals surface area (Å²) in [5.41, 5.74) is 1.73. The maximum Gasteiger partial charge on any atom is 0.243 e. The standard InChI is InChI=1S/C20H19N3O3/c21-12-18(23-20(25)17-10-11-19(24)22-17)15-6-8-16(9-7-15)26-13-14-4-2-1-3-5-14/h1-9,17-18H,10-11,13H2,(H,22,24)(H,23,25)/t17-,18?/m1/s1. The predicted molar refractivity (Wildman–Crippen MR) is 94.9 cm³/mol. The van der Waals surface area contributed by atoms with E-state index in [2.05, 4.69) is 16.7 Å². The highest BCUT2D eigenvalue weighted by molar-refractivity contribution is 5.91. The molecule has 3 rings (SSSR count). The number of hydrogen-bond acceptors (Lipinski definition) is 4. The number of carbonyl (C=O) groups excluding carboxylic acids is 2. The molecule has 6 heteroatoms. The fraction of sp³-hybridized carbons (Fsp3) is 0.250. The summed E-state index contributed by atoms with van der Waals surface area (Å²) in [6, 6.07) is 17.6. The predicted octanol–water partition coefficient (Wildman–Crippen LogP) is 2.23. The Labute approximate surface area is 151 Å². The lowest BCUT2D eigenvalue weighted by Gasteiger charge is -2.16. The number of nitrogens with one attached hydrogen (secondary N) is 2. The van der Waals surface area contributed by atoms with E-state index < -0.39 is 12.1 Å². The lowest BCUT2D eigenvalue weighted by molar-refractivity contribution is -0.126. The summed E-state index contributed by atoms with van der Waals surface area (Å²) in [7, 11) is 0. The average Bonchev–Trinajstić information content (AvgIpc) is 3.12. The van der Waals surface area contributed by atoms with Gasteiger partial charge in [0.15, 0.2) is 0 Å². The number of carbonyl (C=O) groups is 2. The van der Waals surface area contributed by atoms with Gasteiger partial charge < -0.3 is 15.4 Å². The van der Waals surface area contributed by atoms with E-state index in [-0.39, 0.29) is 11.8 Å². The molecule has 2 N–H and O–H groups in total. The summed E-state index contributed by atoms with van der Waals surface area (Å²) in [6.07, 6.45) is 0.790. The number of benzene rings is 2. The zero-order chi connectivity index (χ0) is 18.4. The molecule has 2 aromatic carbocycles. The number of ether oxygens (including phenoxy) is 1. The minimum atomic E-state index is -0.775. The molecule has 1 fully saturated rings. The van der Waals surface area contributed by atoms with Gasteiger partial charge in [0.05, 0.1) is 6.07 Å². The topological polar surface area (TPSA) is 91.2 Å². The van der Waals surface area contributed by atoms with Gasteiger partial charge in [0.25, 0.3) is 0 Å². The third kappa shape index (κ3) is 4.39. The highest BCUT2D eigenvalue weighted by Crippen LogP contribution is 2.19. The maximum absolute atomic E-state index is 12.2. The van der Waals surface area contributed by atoms with E-state index in [1.165, 1.54) is 0 Å². The molecule has 0 aromatic heterocycles. The second kappa shape index (κ2) is 8.17. The van der Waals surface area contributed by atoms with Crippen LogP contribution in [0.5, 0.6) is 5.75 Å². The van der Waals surface area contributed by atoms with Crippen LogP contribution in [0.4, 0.5) is 0 Å². The molecule has 1 aliphatic heterocycles. The first kappa shape index (κ1) is 17.5. The van der Waals surface area contributed by atoms with Crippen molar-refractivity contribution in [1.82, 2.24) is 10.6 Å². The zero-order valence-electron chi connectivity index (χ0n) is 14.1. The second-order valence-electron chi connectivity index (χ2n) is 6.07. The Morgan fingerprint density at radius 2 is 1.96 bits per heavy atom. The lowest BCUT2D eigenvalue weighted by Crippen LogP contribution is -2.42. The Morgan fingerprint density at radius 3 is 2.58 bits per heavy atom. The van der Waals surface area contributed by atoms with Crippen molar-refractivity contribution >= 4 is 11.8 Å². The second-order valence-corrected chi connectivity index (χ2v) is 6.07. The van der Waals surface area contributed by atoms with Crippen LogP contribution in [0, 0.1) is 11.3 Å². The molecule has 1 saturated heterocycles. The number of nitriles is 1. The van der Waals surface area contributed by atoms with E-state index in [9.17, 15) is 14.9 Å². The van der Waals surface area contributed by atoms with Crippen LogP contribution in [0.25, 0.3) is 0 Å². The van der Waals surface area contributed by atoms with Crippen molar-refractivity contribution in [3.63, 3.8) is 0 Å². The summed E-state index contributed by atoms with van der Waals surface area (Å²) < 4.78 is 5.72.